The summed E-state index contributed by atoms with van der Waals surface area (Å²) in [6, 6.07) is 0.388. The molecule has 1 aliphatic heterocycles. The summed E-state index contributed by atoms with van der Waals surface area (Å²) in [5.41, 5.74) is 5.72. The van der Waals surface area contributed by atoms with Gasteiger partial charge >= 0.3 is 0 Å². The summed E-state index contributed by atoms with van der Waals surface area (Å²) in [4.78, 5) is 11.9. The van der Waals surface area contributed by atoms with E-state index in [-0.39, 0.29) is 5.91 Å². The highest BCUT2D eigenvalue weighted by Crippen LogP contribution is 2.18. The number of hydrogen-bond donors (Lipinski definition) is 2. The summed E-state index contributed by atoms with van der Waals surface area (Å²) < 4.78 is 0. The highest BCUT2D eigenvalue weighted by Gasteiger charge is 2.19. The second kappa shape index (κ2) is 7.98. The Hall–Kier alpha value is -0.220. The molecule has 0 bridgehead atoms. The number of carbonyl (C=O) groups is 1. The van der Waals surface area contributed by atoms with Crippen molar-refractivity contribution in [2.45, 2.75) is 45.6 Å². The van der Waals surface area contributed by atoms with Crippen molar-refractivity contribution in [1.29, 1.82) is 0 Å². The average molecular weight is 258 g/mol. The van der Waals surface area contributed by atoms with Gasteiger partial charge in [0.1, 0.15) is 0 Å². The van der Waals surface area contributed by atoms with Crippen LogP contribution in [0.2, 0.25) is 0 Å². The van der Waals surface area contributed by atoms with E-state index >= 15 is 0 Å². The number of thioether (sulfide) groups is 1. The van der Waals surface area contributed by atoms with Crippen molar-refractivity contribution >= 4 is 17.7 Å². The molecule has 1 saturated heterocycles. The molecule has 2 unspecified atom stereocenters. The van der Waals surface area contributed by atoms with Gasteiger partial charge in [0.25, 0.3) is 0 Å². The number of nitrogens with two attached hydrogens (primary N) is 1. The molecule has 0 saturated carbocycles. The minimum atomic E-state index is 0.189. The van der Waals surface area contributed by atoms with E-state index in [1.54, 1.807) is 0 Å². The molecule has 1 fully saturated rings. The summed E-state index contributed by atoms with van der Waals surface area (Å²) in [5.74, 6) is 3.45. The molecule has 3 nitrogen and oxygen atoms in total. The Kier molecular flexibility index (Phi) is 6.97. The molecule has 1 rings (SSSR count). The SMILES string of the molecule is CC(C)CC(CN)CC(=O)NC1CCCSC1. The van der Waals surface area contributed by atoms with Crippen molar-refractivity contribution < 1.29 is 4.79 Å². The van der Waals surface area contributed by atoms with Gasteiger partial charge in [-0.15, -0.1) is 0 Å². The molecule has 1 aliphatic rings. The lowest BCUT2D eigenvalue weighted by Crippen LogP contribution is -2.39. The fourth-order valence-electron chi connectivity index (χ4n) is 2.33. The third-order valence-corrected chi connectivity index (χ3v) is 4.35. The summed E-state index contributed by atoms with van der Waals surface area (Å²) >= 11 is 1.94. The van der Waals surface area contributed by atoms with Crippen LogP contribution in [0.3, 0.4) is 0 Å². The molecule has 0 aromatic heterocycles. The Morgan fingerprint density at radius 2 is 2.29 bits per heavy atom. The number of carbonyl (C=O) groups excluding carboxylic acids is 1. The molecule has 0 aromatic rings. The van der Waals surface area contributed by atoms with Crippen molar-refractivity contribution in [3.05, 3.63) is 0 Å². The number of nitrogens with one attached hydrogen (secondary N) is 1. The lowest BCUT2D eigenvalue weighted by atomic mass is 9.94. The zero-order valence-corrected chi connectivity index (χ0v) is 11.9. The highest BCUT2D eigenvalue weighted by atomic mass is 32.2. The first-order valence-corrected chi connectivity index (χ1v) is 7.84. The first kappa shape index (κ1) is 14.8. The third-order valence-electron chi connectivity index (χ3n) is 3.14. The maximum atomic E-state index is 11.9. The smallest absolute Gasteiger partial charge is 0.220 e. The van der Waals surface area contributed by atoms with Crippen LogP contribution < -0.4 is 11.1 Å². The molecule has 0 aliphatic carbocycles. The van der Waals surface area contributed by atoms with Crippen LogP contribution >= 0.6 is 11.8 Å². The topological polar surface area (TPSA) is 55.1 Å². The van der Waals surface area contributed by atoms with Gasteiger partial charge < -0.3 is 11.1 Å². The van der Waals surface area contributed by atoms with Gasteiger partial charge in [0.15, 0.2) is 0 Å². The second-order valence-electron chi connectivity index (χ2n) is 5.42. The molecule has 0 spiro atoms. The molecule has 0 radical (unpaired) electrons. The number of rotatable bonds is 6. The minimum Gasteiger partial charge on any atom is -0.353 e. The summed E-state index contributed by atoms with van der Waals surface area (Å²) in [5, 5.41) is 3.14. The van der Waals surface area contributed by atoms with Crippen LogP contribution in [0.15, 0.2) is 0 Å². The summed E-state index contributed by atoms with van der Waals surface area (Å²) in [7, 11) is 0. The van der Waals surface area contributed by atoms with E-state index in [0.29, 0.717) is 30.8 Å². The van der Waals surface area contributed by atoms with E-state index in [0.717, 1.165) is 18.6 Å². The number of hydrogen-bond acceptors (Lipinski definition) is 3. The third kappa shape index (κ3) is 6.32. The van der Waals surface area contributed by atoms with Crippen LogP contribution in [0.25, 0.3) is 0 Å². The van der Waals surface area contributed by atoms with Gasteiger partial charge in [-0.3, -0.25) is 4.79 Å². The van der Waals surface area contributed by atoms with Crippen LogP contribution in [-0.2, 0) is 4.79 Å². The van der Waals surface area contributed by atoms with Crippen LogP contribution in [0, 0.1) is 11.8 Å². The average Bonchev–Trinajstić information content (AvgIpc) is 2.28. The Morgan fingerprint density at radius 3 is 2.82 bits per heavy atom. The molecule has 17 heavy (non-hydrogen) atoms. The lowest BCUT2D eigenvalue weighted by Gasteiger charge is -2.24. The van der Waals surface area contributed by atoms with E-state index < -0.39 is 0 Å². The molecule has 0 aromatic carbocycles. The van der Waals surface area contributed by atoms with Crippen LogP contribution in [-0.4, -0.2) is 30.0 Å². The van der Waals surface area contributed by atoms with Gasteiger partial charge in [-0.1, -0.05) is 13.8 Å². The molecule has 2 atom stereocenters. The molecule has 1 heterocycles. The predicted molar refractivity (Wildman–Crippen MR) is 75.1 cm³/mol. The van der Waals surface area contributed by atoms with Crippen molar-refractivity contribution in [2.24, 2.45) is 17.6 Å². The Labute approximate surface area is 109 Å². The fraction of sp³-hybridized carbons (Fsp3) is 0.923. The van der Waals surface area contributed by atoms with Gasteiger partial charge in [0.05, 0.1) is 0 Å². The molecule has 3 N–H and O–H groups in total. The van der Waals surface area contributed by atoms with Crippen LogP contribution in [0.5, 0.6) is 0 Å². The molecular formula is C13H26N2OS. The largest absolute Gasteiger partial charge is 0.353 e. The monoisotopic (exact) mass is 258 g/mol. The van der Waals surface area contributed by atoms with Gasteiger partial charge in [-0.2, -0.15) is 11.8 Å². The first-order valence-electron chi connectivity index (χ1n) is 6.69. The molecular weight excluding hydrogens is 232 g/mol. The Bertz CT molecular complexity index is 227. The predicted octanol–water partition coefficient (Wildman–Crippen LogP) is 2.01. The maximum absolute atomic E-state index is 11.9. The molecule has 100 valence electrons. The molecule has 4 heteroatoms. The molecule has 1 amide bonds. The Morgan fingerprint density at radius 1 is 1.53 bits per heavy atom. The first-order chi connectivity index (χ1) is 8.11. The van der Waals surface area contributed by atoms with Crippen LogP contribution in [0.1, 0.15) is 39.5 Å². The van der Waals surface area contributed by atoms with E-state index in [1.807, 2.05) is 11.8 Å². The summed E-state index contributed by atoms with van der Waals surface area (Å²) in [6.07, 6.45) is 4.00. The van der Waals surface area contributed by atoms with Gasteiger partial charge in [-0.25, -0.2) is 0 Å². The van der Waals surface area contributed by atoms with Crippen molar-refractivity contribution in [1.82, 2.24) is 5.32 Å². The second-order valence-corrected chi connectivity index (χ2v) is 6.57. The zero-order valence-electron chi connectivity index (χ0n) is 11.1. The van der Waals surface area contributed by atoms with E-state index in [2.05, 4.69) is 19.2 Å². The normalized spacial score (nSPS) is 22.5. The van der Waals surface area contributed by atoms with E-state index in [9.17, 15) is 4.79 Å². The van der Waals surface area contributed by atoms with Gasteiger partial charge in [0, 0.05) is 18.2 Å². The van der Waals surface area contributed by atoms with Crippen molar-refractivity contribution in [3.8, 4) is 0 Å². The zero-order chi connectivity index (χ0) is 12.7. The van der Waals surface area contributed by atoms with E-state index in [4.69, 9.17) is 5.73 Å². The standard InChI is InChI=1S/C13H26N2OS/c1-10(2)6-11(8-14)7-13(16)15-12-4-3-5-17-9-12/h10-12H,3-9,14H2,1-2H3,(H,15,16). The Balaban J connectivity index is 2.26. The van der Waals surface area contributed by atoms with Crippen molar-refractivity contribution in [3.63, 3.8) is 0 Å². The quantitative estimate of drug-likeness (QED) is 0.766. The minimum absolute atomic E-state index is 0.189. The number of amides is 1. The highest BCUT2D eigenvalue weighted by molar-refractivity contribution is 7.99. The van der Waals surface area contributed by atoms with Gasteiger partial charge in [0.2, 0.25) is 5.91 Å². The van der Waals surface area contributed by atoms with Crippen molar-refractivity contribution in [2.75, 3.05) is 18.1 Å². The van der Waals surface area contributed by atoms with Crippen LogP contribution in [0.4, 0.5) is 0 Å². The summed E-state index contributed by atoms with van der Waals surface area (Å²) in [6.45, 7) is 4.97. The van der Waals surface area contributed by atoms with E-state index in [1.165, 1.54) is 12.2 Å². The lowest BCUT2D eigenvalue weighted by molar-refractivity contribution is -0.122. The fourth-order valence-corrected chi connectivity index (χ4v) is 3.40. The maximum Gasteiger partial charge on any atom is 0.220 e. The van der Waals surface area contributed by atoms with Gasteiger partial charge in [-0.05, 0) is 43.4 Å².